The summed E-state index contributed by atoms with van der Waals surface area (Å²) in [6, 6.07) is 4.91. The monoisotopic (exact) mass is 396 g/mol. The molecule has 2 aliphatic rings. The van der Waals surface area contributed by atoms with Crippen molar-refractivity contribution in [1.82, 2.24) is 24.4 Å². The van der Waals surface area contributed by atoms with Crippen LogP contribution in [0.1, 0.15) is 6.92 Å². The number of hydrogen-bond donors (Lipinski definition) is 1. The van der Waals surface area contributed by atoms with E-state index in [0.717, 1.165) is 37.3 Å². The topological polar surface area (TPSA) is 106 Å². The second-order valence-corrected chi connectivity index (χ2v) is 6.96. The van der Waals surface area contributed by atoms with Gasteiger partial charge in [-0.25, -0.2) is 14.3 Å². The Kier molecular flexibility index (Phi) is 4.20. The Hall–Kier alpha value is -3.40. The van der Waals surface area contributed by atoms with Crippen LogP contribution in [0.5, 0.6) is 11.5 Å². The lowest BCUT2D eigenvalue weighted by atomic mass is 10.2. The van der Waals surface area contributed by atoms with Gasteiger partial charge in [0.25, 0.3) is 5.56 Å². The second-order valence-electron chi connectivity index (χ2n) is 6.96. The van der Waals surface area contributed by atoms with Gasteiger partial charge in [0.1, 0.15) is 5.39 Å². The fraction of sp³-hybridized carbons (Fsp3) is 0.368. The van der Waals surface area contributed by atoms with E-state index in [2.05, 4.69) is 31.7 Å². The maximum absolute atomic E-state index is 13.0. The number of nitrogens with one attached hydrogen (secondary N) is 1. The minimum atomic E-state index is -0.568. The quantitative estimate of drug-likeness (QED) is 0.676. The number of fused-ring (bicyclic) bond motifs is 2. The Bertz CT molecular complexity index is 1200. The van der Waals surface area contributed by atoms with Gasteiger partial charge in [0.05, 0.1) is 5.69 Å². The van der Waals surface area contributed by atoms with Gasteiger partial charge in [0.2, 0.25) is 12.7 Å². The standard InChI is InChI=1S/C19H20N6O4/c1-2-23-5-7-24(8-6-23)18-20-10-13-16(21-18)22-19(27)25(17(13)26)12-3-4-14-15(9-12)29-11-28-14/h3-4,9-10H,2,5-8,11H2,1H3,(H,20,21,22,27). The van der Waals surface area contributed by atoms with E-state index < -0.39 is 11.2 Å². The maximum Gasteiger partial charge on any atom is 0.334 e. The van der Waals surface area contributed by atoms with Crippen LogP contribution < -0.4 is 25.6 Å². The maximum atomic E-state index is 13.0. The summed E-state index contributed by atoms with van der Waals surface area (Å²) in [6.07, 6.45) is 1.48. The van der Waals surface area contributed by atoms with Gasteiger partial charge in [0, 0.05) is 38.4 Å². The highest BCUT2D eigenvalue weighted by Crippen LogP contribution is 2.33. The smallest absolute Gasteiger partial charge is 0.334 e. The molecule has 2 aromatic heterocycles. The molecule has 29 heavy (non-hydrogen) atoms. The zero-order valence-corrected chi connectivity index (χ0v) is 15.9. The number of aromatic amines is 1. The molecule has 1 saturated heterocycles. The first-order valence-corrected chi connectivity index (χ1v) is 9.53. The Morgan fingerprint density at radius 1 is 1.10 bits per heavy atom. The minimum absolute atomic E-state index is 0.116. The second kappa shape index (κ2) is 6.89. The molecular formula is C19H20N6O4. The van der Waals surface area contributed by atoms with Crippen molar-refractivity contribution in [3.63, 3.8) is 0 Å². The Balaban J connectivity index is 1.54. The van der Waals surface area contributed by atoms with Gasteiger partial charge in [0.15, 0.2) is 17.1 Å². The molecule has 1 aromatic carbocycles. The van der Waals surface area contributed by atoms with Crippen molar-refractivity contribution in [1.29, 1.82) is 0 Å². The van der Waals surface area contributed by atoms with Crippen molar-refractivity contribution < 1.29 is 9.47 Å². The molecule has 150 valence electrons. The van der Waals surface area contributed by atoms with Crippen molar-refractivity contribution in [2.75, 3.05) is 44.4 Å². The van der Waals surface area contributed by atoms with Crippen molar-refractivity contribution >= 4 is 17.0 Å². The number of anilines is 1. The Labute approximate surface area is 165 Å². The van der Waals surface area contributed by atoms with E-state index in [1.54, 1.807) is 18.2 Å². The Morgan fingerprint density at radius 2 is 1.90 bits per heavy atom. The molecular weight excluding hydrogens is 376 g/mol. The van der Waals surface area contributed by atoms with Crippen LogP contribution in [0.25, 0.3) is 16.7 Å². The number of nitrogens with zero attached hydrogens (tertiary/aromatic N) is 5. The lowest BCUT2D eigenvalue weighted by Gasteiger charge is -2.33. The normalized spacial score (nSPS) is 16.5. The summed E-state index contributed by atoms with van der Waals surface area (Å²) in [5, 5.41) is 0.248. The number of H-pyrrole nitrogens is 1. The minimum Gasteiger partial charge on any atom is -0.454 e. The van der Waals surface area contributed by atoms with E-state index in [-0.39, 0.29) is 17.8 Å². The van der Waals surface area contributed by atoms with Crippen LogP contribution in [0.3, 0.4) is 0 Å². The highest BCUT2D eigenvalue weighted by Gasteiger charge is 2.20. The third-order valence-electron chi connectivity index (χ3n) is 5.35. The third-order valence-corrected chi connectivity index (χ3v) is 5.35. The van der Waals surface area contributed by atoms with Crippen LogP contribution in [-0.4, -0.2) is 63.9 Å². The predicted octanol–water partition coefficient (Wildman–Crippen LogP) is 0.340. The van der Waals surface area contributed by atoms with Crippen molar-refractivity contribution in [2.24, 2.45) is 0 Å². The third kappa shape index (κ3) is 3.01. The number of benzene rings is 1. The van der Waals surface area contributed by atoms with Crippen LogP contribution in [0, 0.1) is 0 Å². The lowest BCUT2D eigenvalue weighted by molar-refractivity contribution is 0.174. The summed E-state index contributed by atoms with van der Waals surface area (Å²) in [4.78, 5) is 41.6. The van der Waals surface area contributed by atoms with E-state index in [0.29, 0.717) is 23.1 Å². The van der Waals surface area contributed by atoms with Crippen LogP contribution in [0.4, 0.5) is 5.95 Å². The highest BCUT2D eigenvalue weighted by atomic mass is 16.7. The molecule has 0 aliphatic carbocycles. The number of rotatable bonds is 3. The zero-order valence-electron chi connectivity index (χ0n) is 15.9. The van der Waals surface area contributed by atoms with Gasteiger partial charge in [-0.2, -0.15) is 4.98 Å². The molecule has 2 aliphatic heterocycles. The first-order chi connectivity index (χ1) is 14.1. The van der Waals surface area contributed by atoms with Gasteiger partial charge < -0.3 is 19.3 Å². The highest BCUT2D eigenvalue weighted by molar-refractivity contribution is 5.74. The SMILES string of the molecule is CCN1CCN(c2ncc3c(=O)n(-c4ccc5c(c4)OCO5)c(=O)[nH]c3n2)CC1. The van der Waals surface area contributed by atoms with Crippen LogP contribution in [0.15, 0.2) is 34.0 Å². The van der Waals surface area contributed by atoms with Crippen molar-refractivity contribution in [3.05, 3.63) is 45.2 Å². The number of piperazine rings is 1. The van der Waals surface area contributed by atoms with Gasteiger partial charge in [-0.15, -0.1) is 0 Å². The number of aromatic nitrogens is 4. The van der Waals surface area contributed by atoms with E-state index in [9.17, 15) is 9.59 Å². The van der Waals surface area contributed by atoms with E-state index in [1.807, 2.05) is 0 Å². The van der Waals surface area contributed by atoms with E-state index in [1.165, 1.54) is 6.20 Å². The average molecular weight is 396 g/mol. The van der Waals surface area contributed by atoms with Gasteiger partial charge in [-0.05, 0) is 18.7 Å². The lowest BCUT2D eigenvalue weighted by Crippen LogP contribution is -2.46. The van der Waals surface area contributed by atoms with Gasteiger partial charge in [-0.1, -0.05) is 6.92 Å². The van der Waals surface area contributed by atoms with Crippen LogP contribution >= 0.6 is 0 Å². The van der Waals surface area contributed by atoms with Crippen molar-refractivity contribution in [3.8, 4) is 17.2 Å². The van der Waals surface area contributed by atoms with Crippen LogP contribution in [0.2, 0.25) is 0 Å². The molecule has 0 unspecified atom stereocenters. The summed E-state index contributed by atoms with van der Waals surface area (Å²) < 4.78 is 11.7. The van der Waals surface area contributed by atoms with E-state index >= 15 is 0 Å². The van der Waals surface area contributed by atoms with Gasteiger partial charge in [-0.3, -0.25) is 9.78 Å². The molecule has 0 bridgehead atoms. The molecule has 5 rings (SSSR count). The van der Waals surface area contributed by atoms with Crippen molar-refractivity contribution in [2.45, 2.75) is 6.92 Å². The predicted molar refractivity (Wildman–Crippen MR) is 106 cm³/mol. The summed E-state index contributed by atoms with van der Waals surface area (Å²) >= 11 is 0. The molecule has 10 heteroatoms. The molecule has 3 aromatic rings. The fourth-order valence-corrected chi connectivity index (χ4v) is 3.67. The molecule has 0 atom stereocenters. The molecule has 4 heterocycles. The number of hydrogen-bond acceptors (Lipinski definition) is 8. The van der Waals surface area contributed by atoms with E-state index in [4.69, 9.17) is 9.47 Å². The molecule has 1 fully saturated rings. The molecule has 0 amide bonds. The first-order valence-electron chi connectivity index (χ1n) is 9.53. The first kappa shape index (κ1) is 17.7. The fourth-order valence-electron chi connectivity index (χ4n) is 3.67. The number of ether oxygens (including phenoxy) is 2. The Morgan fingerprint density at radius 3 is 2.69 bits per heavy atom. The summed E-state index contributed by atoms with van der Waals surface area (Å²) in [6.45, 7) is 6.73. The average Bonchev–Trinajstić information content (AvgIpc) is 3.21. The molecule has 0 spiro atoms. The molecule has 1 N–H and O–H groups in total. The summed E-state index contributed by atoms with van der Waals surface area (Å²) in [7, 11) is 0. The molecule has 10 nitrogen and oxygen atoms in total. The molecule has 0 saturated carbocycles. The zero-order chi connectivity index (χ0) is 20.0. The summed E-state index contributed by atoms with van der Waals surface area (Å²) in [5.74, 6) is 1.59. The number of likely N-dealkylation sites (N-methyl/N-ethyl adjacent to an activating group) is 1. The largest absolute Gasteiger partial charge is 0.454 e. The molecule has 0 radical (unpaired) electrons. The summed E-state index contributed by atoms with van der Waals surface area (Å²) in [5.41, 5.74) is -0.422. The van der Waals surface area contributed by atoms with Crippen LogP contribution in [-0.2, 0) is 0 Å². The van der Waals surface area contributed by atoms with Gasteiger partial charge >= 0.3 is 5.69 Å².